The van der Waals surface area contributed by atoms with Gasteiger partial charge in [0, 0.05) is 57.0 Å². The van der Waals surface area contributed by atoms with Crippen LogP contribution in [0.4, 0.5) is 0 Å². The number of hydrogen-bond acceptors (Lipinski definition) is 4. The Hall–Kier alpha value is -2.89. The molecular weight excluding hydrogens is 360 g/mol. The average Bonchev–Trinajstić information content (AvgIpc) is 3.17. The summed E-state index contributed by atoms with van der Waals surface area (Å²) in [6.07, 6.45) is 4.19. The Labute approximate surface area is 171 Å². The highest BCUT2D eigenvalue weighted by molar-refractivity contribution is 5.88. The third-order valence-electron chi connectivity index (χ3n) is 5.68. The summed E-state index contributed by atoms with van der Waals surface area (Å²) in [7, 11) is 0. The van der Waals surface area contributed by atoms with E-state index in [1.54, 1.807) is 0 Å². The summed E-state index contributed by atoms with van der Waals surface area (Å²) in [5, 5.41) is 2.41. The van der Waals surface area contributed by atoms with Gasteiger partial charge < -0.3 is 9.14 Å². The van der Waals surface area contributed by atoms with Gasteiger partial charge in [-0.3, -0.25) is 9.80 Å². The first-order valence-corrected chi connectivity index (χ1v) is 10.3. The molecule has 0 N–H and O–H groups in total. The van der Waals surface area contributed by atoms with Crippen LogP contribution in [0.2, 0.25) is 0 Å². The first-order chi connectivity index (χ1) is 14.3. The van der Waals surface area contributed by atoms with E-state index in [1.807, 2.05) is 12.1 Å². The maximum Gasteiger partial charge on any atom is 0.137 e. The molecule has 1 aliphatic heterocycles. The summed E-state index contributed by atoms with van der Waals surface area (Å²) in [6.45, 7) is 6.90. The van der Waals surface area contributed by atoms with E-state index in [0.717, 1.165) is 63.0 Å². The minimum Gasteiger partial charge on any atom is -0.492 e. The zero-order valence-corrected chi connectivity index (χ0v) is 16.6. The van der Waals surface area contributed by atoms with Crippen LogP contribution in [-0.2, 0) is 6.54 Å². The second-order valence-corrected chi connectivity index (χ2v) is 7.64. The first-order valence-electron chi connectivity index (χ1n) is 10.3. The van der Waals surface area contributed by atoms with Gasteiger partial charge in [0.05, 0.1) is 5.69 Å². The smallest absolute Gasteiger partial charge is 0.137 e. The molecule has 29 heavy (non-hydrogen) atoms. The number of hydrogen-bond donors (Lipinski definition) is 0. The van der Waals surface area contributed by atoms with Crippen LogP contribution in [0.5, 0.6) is 5.75 Å². The molecule has 0 bridgehead atoms. The fourth-order valence-electron chi connectivity index (χ4n) is 4.07. The largest absolute Gasteiger partial charge is 0.492 e. The number of imidazole rings is 1. The normalized spacial score (nSPS) is 15.9. The molecule has 0 radical (unpaired) electrons. The van der Waals surface area contributed by atoms with Crippen LogP contribution in [0.15, 0.2) is 73.1 Å². The molecule has 0 saturated carbocycles. The number of pyridine rings is 1. The Morgan fingerprint density at radius 3 is 2.52 bits per heavy atom. The number of aromatic nitrogens is 2. The molecule has 0 atom stereocenters. The van der Waals surface area contributed by atoms with Crippen LogP contribution in [0.1, 0.15) is 5.69 Å². The van der Waals surface area contributed by atoms with E-state index in [2.05, 4.69) is 75.1 Å². The van der Waals surface area contributed by atoms with E-state index in [-0.39, 0.29) is 0 Å². The van der Waals surface area contributed by atoms with Gasteiger partial charge in [0.1, 0.15) is 18.0 Å². The monoisotopic (exact) mass is 386 g/mol. The zero-order chi connectivity index (χ0) is 19.5. The molecule has 3 heterocycles. The second-order valence-electron chi connectivity index (χ2n) is 7.64. The zero-order valence-electron chi connectivity index (χ0n) is 16.6. The Balaban J connectivity index is 1.10. The lowest BCUT2D eigenvalue weighted by Gasteiger charge is -2.34. The number of ether oxygens (including phenoxy) is 1. The van der Waals surface area contributed by atoms with Crippen molar-refractivity contribution in [1.82, 2.24) is 19.2 Å². The molecule has 5 rings (SSSR count). The van der Waals surface area contributed by atoms with Gasteiger partial charge in [-0.1, -0.05) is 42.5 Å². The van der Waals surface area contributed by atoms with Gasteiger partial charge in [0.25, 0.3) is 0 Å². The van der Waals surface area contributed by atoms with Gasteiger partial charge in [-0.25, -0.2) is 4.98 Å². The van der Waals surface area contributed by atoms with Crippen molar-refractivity contribution < 1.29 is 4.74 Å². The van der Waals surface area contributed by atoms with E-state index < -0.39 is 0 Å². The Kier molecular flexibility index (Phi) is 5.15. The molecule has 1 fully saturated rings. The highest BCUT2D eigenvalue weighted by Crippen LogP contribution is 2.25. The third kappa shape index (κ3) is 4.11. The van der Waals surface area contributed by atoms with Crippen LogP contribution in [-0.4, -0.2) is 58.5 Å². The molecule has 5 nitrogen and oxygen atoms in total. The maximum absolute atomic E-state index is 6.11. The summed E-state index contributed by atoms with van der Waals surface area (Å²) in [5.74, 6) is 0.980. The number of nitrogens with zero attached hydrogens (tertiary/aromatic N) is 4. The average molecular weight is 386 g/mol. The molecule has 1 aliphatic rings. The minimum atomic E-state index is 0.723. The number of benzene rings is 2. The van der Waals surface area contributed by atoms with Gasteiger partial charge in [0.15, 0.2) is 0 Å². The van der Waals surface area contributed by atoms with Crippen LogP contribution < -0.4 is 4.74 Å². The fraction of sp³-hybridized carbons (Fsp3) is 0.292. The molecule has 148 valence electrons. The van der Waals surface area contributed by atoms with Gasteiger partial charge in [0.2, 0.25) is 0 Å². The second kappa shape index (κ2) is 8.23. The lowest BCUT2D eigenvalue weighted by molar-refractivity contribution is 0.112. The van der Waals surface area contributed by atoms with Crippen molar-refractivity contribution >= 4 is 16.4 Å². The van der Waals surface area contributed by atoms with Crippen LogP contribution in [0.3, 0.4) is 0 Å². The molecule has 1 saturated heterocycles. The van der Waals surface area contributed by atoms with Crippen LogP contribution >= 0.6 is 0 Å². The predicted molar refractivity (Wildman–Crippen MR) is 116 cm³/mol. The van der Waals surface area contributed by atoms with Crippen molar-refractivity contribution in [2.45, 2.75) is 6.54 Å². The Morgan fingerprint density at radius 2 is 1.62 bits per heavy atom. The van der Waals surface area contributed by atoms with Crippen molar-refractivity contribution in [3.05, 3.63) is 78.8 Å². The molecule has 2 aromatic carbocycles. The van der Waals surface area contributed by atoms with Gasteiger partial charge in [-0.2, -0.15) is 0 Å². The lowest BCUT2D eigenvalue weighted by Crippen LogP contribution is -2.47. The molecule has 4 aromatic rings. The Morgan fingerprint density at radius 1 is 0.828 bits per heavy atom. The van der Waals surface area contributed by atoms with Crippen LogP contribution in [0.25, 0.3) is 16.4 Å². The van der Waals surface area contributed by atoms with Gasteiger partial charge in [-0.05, 0) is 23.6 Å². The number of rotatable bonds is 6. The third-order valence-corrected chi connectivity index (χ3v) is 5.68. The standard InChI is InChI=1S/C24H26N4O/c1-2-8-22-20(6-1)7-5-9-23(22)29-17-16-26-12-14-27(15-13-26)18-21-19-28-11-4-3-10-24(28)25-21/h1-11,19H,12-18H2. The minimum absolute atomic E-state index is 0.723. The highest BCUT2D eigenvalue weighted by atomic mass is 16.5. The summed E-state index contributed by atoms with van der Waals surface area (Å²) in [4.78, 5) is 9.70. The summed E-state index contributed by atoms with van der Waals surface area (Å²) >= 11 is 0. The van der Waals surface area contributed by atoms with E-state index in [1.165, 1.54) is 10.8 Å². The van der Waals surface area contributed by atoms with E-state index in [9.17, 15) is 0 Å². The summed E-state index contributed by atoms with van der Waals surface area (Å²) in [6, 6.07) is 20.8. The van der Waals surface area contributed by atoms with Crippen LogP contribution in [0, 0.1) is 0 Å². The topological polar surface area (TPSA) is 33.0 Å². The van der Waals surface area contributed by atoms with Crippen molar-refractivity contribution in [3.8, 4) is 5.75 Å². The molecular formula is C24H26N4O. The SMILES string of the molecule is c1ccc2c(OCCN3CCN(Cc4cn5ccccc5n4)CC3)cccc2c1. The summed E-state index contributed by atoms with van der Waals surface area (Å²) in [5.41, 5.74) is 2.16. The quantitative estimate of drug-likeness (QED) is 0.506. The first kappa shape index (κ1) is 18.2. The molecule has 0 unspecified atom stereocenters. The number of fused-ring (bicyclic) bond motifs is 2. The molecule has 0 spiro atoms. The van der Waals surface area contributed by atoms with Gasteiger partial charge >= 0.3 is 0 Å². The van der Waals surface area contributed by atoms with E-state index in [0.29, 0.717) is 0 Å². The molecule has 2 aromatic heterocycles. The predicted octanol–water partition coefficient (Wildman–Crippen LogP) is 3.68. The number of piperazine rings is 1. The van der Waals surface area contributed by atoms with Crippen molar-refractivity contribution in [1.29, 1.82) is 0 Å². The van der Waals surface area contributed by atoms with Crippen molar-refractivity contribution in [3.63, 3.8) is 0 Å². The Bertz CT molecular complexity index is 1060. The molecule has 5 heteroatoms. The van der Waals surface area contributed by atoms with Gasteiger partial charge in [-0.15, -0.1) is 0 Å². The molecule has 0 aliphatic carbocycles. The summed E-state index contributed by atoms with van der Waals surface area (Å²) < 4.78 is 8.20. The fourth-order valence-corrected chi connectivity index (χ4v) is 4.07. The van der Waals surface area contributed by atoms with Crippen molar-refractivity contribution in [2.75, 3.05) is 39.3 Å². The molecule has 0 amide bonds. The highest BCUT2D eigenvalue weighted by Gasteiger charge is 2.18. The van der Waals surface area contributed by atoms with E-state index in [4.69, 9.17) is 9.72 Å². The van der Waals surface area contributed by atoms with E-state index >= 15 is 0 Å². The lowest BCUT2D eigenvalue weighted by atomic mass is 10.1. The van der Waals surface area contributed by atoms with Crippen molar-refractivity contribution in [2.24, 2.45) is 0 Å². The maximum atomic E-state index is 6.11.